The van der Waals surface area contributed by atoms with Crippen LogP contribution in [0.4, 0.5) is 0 Å². The van der Waals surface area contributed by atoms with Crippen molar-refractivity contribution < 1.29 is 13.2 Å². The fourth-order valence-corrected chi connectivity index (χ4v) is 4.69. The van der Waals surface area contributed by atoms with E-state index in [1.807, 2.05) is 0 Å². The molecule has 0 atom stereocenters. The Bertz CT molecular complexity index is 628. The smallest absolute Gasteiger partial charge is 0.244 e. The molecular formula is C12H14BrClN2O3S. The maximum absolute atomic E-state index is 12.5. The molecule has 0 aliphatic carbocycles. The van der Waals surface area contributed by atoms with Crippen LogP contribution in [-0.4, -0.2) is 31.7 Å². The molecule has 2 rings (SSSR count). The zero-order chi connectivity index (χ0) is 14.9. The highest BCUT2D eigenvalue weighted by molar-refractivity contribution is 9.10. The van der Waals surface area contributed by atoms with E-state index in [2.05, 4.69) is 15.9 Å². The average Bonchev–Trinajstić information content (AvgIpc) is 2.38. The molecule has 1 saturated heterocycles. The minimum Gasteiger partial charge on any atom is -0.369 e. The summed E-state index contributed by atoms with van der Waals surface area (Å²) in [6.07, 6.45) is 0.894. The van der Waals surface area contributed by atoms with Crippen LogP contribution in [0.2, 0.25) is 5.02 Å². The highest BCUT2D eigenvalue weighted by atomic mass is 79.9. The van der Waals surface area contributed by atoms with Crippen molar-refractivity contribution in [2.75, 3.05) is 13.1 Å². The van der Waals surface area contributed by atoms with E-state index in [4.69, 9.17) is 17.3 Å². The lowest BCUT2D eigenvalue weighted by Crippen LogP contribution is -2.41. The molecule has 0 spiro atoms. The number of benzene rings is 1. The summed E-state index contributed by atoms with van der Waals surface area (Å²) in [7, 11) is -3.63. The summed E-state index contributed by atoms with van der Waals surface area (Å²) in [5, 5.41) is 0.177. The maximum Gasteiger partial charge on any atom is 0.244 e. The maximum atomic E-state index is 12.5. The van der Waals surface area contributed by atoms with Gasteiger partial charge in [-0.05, 0) is 31.0 Å². The Kier molecular flexibility index (Phi) is 4.73. The van der Waals surface area contributed by atoms with Gasteiger partial charge in [-0.25, -0.2) is 8.42 Å². The summed E-state index contributed by atoms with van der Waals surface area (Å²) in [5.41, 5.74) is 5.24. The van der Waals surface area contributed by atoms with Gasteiger partial charge in [-0.15, -0.1) is 0 Å². The van der Waals surface area contributed by atoms with E-state index in [1.54, 1.807) is 12.1 Å². The van der Waals surface area contributed by atoms with Gasteiger partial charge in [0.2, 0.25) is 15.9 Å². The molecule has 1 fully saturated rings. The first-order chi connectivity index (χ1) is 9.32. The summed E-state index contributed by atoms with van der Waals surface area (Å²) in [4.78, 5) is 11.2. The molecule has 1 heterocycles. The van der Waals surface area contributed by atoms with Crippen molar-refractivity contribution in [3.63, 3.8) is 0 Å². The number of nitrogens with zero attached hydrogens (tertiary/aromatic N) is 1. The number of halogens is 2. The highest BCUT2D eigenvalue weighted by Crippen LogP contribution is 2.30. The van der Waals surface area contributed by atoms with Gasteiger partial charge in [-0.2, -0.15) is 4.31 Å². The van der Waals surface area contributed by atoms with Gasteiger partial charge in [-0.1, -0.05) is 27.5 Å². The molecule has 2 N–H and O–H groups in total. The van der Waals surface area contributed by atoms with Gasteiger partial charge in [0.05, 0.1) is 5.02 Å². The Labute approximate surface area is 131 Å². The number of carbonyl (C=O) groups excluding carboxylic acids is 1. The Balaban J connectivity index is 2.22. The first-order valence-corrected chi connectivity index (χ1v) is 8.68. The van der Waals surface area contributed by atoms with E-state index in [1.165, 1.54) is 10.4 Å². The highest BCUT2D eigenvalue weighted by Gasteiger charge is 2.32. The predicted molar refractivity (Wildman–Crippen MR) is 79.8 cm³/mol. The quantitative estimate of drug-likeness (QED) is 0.869. The summed E-state index contributed by atoms with van der Waals surface area (Å²) in [6.45, 7) is 0.560. The molecule has 0 aromatic heterocycles. The van der Waals surface area contributed by atoms with E-state index in [0.29, 0.717) is 17.3 Å². The number of hydrogen-bond acceptors (Lipinski definition) is 3. The molecule has 20 heavy (non-hydrogen) atoms. The number of piperidine rings is 1. The molecule has 1 aromatic carbocycles. The molecule has 1 aromatic rings. The van der Waals surface area contributed by atoms with Crippen LogP contribution in [0.1, 0.15) is 12.8 Å². The Morgan fingerprint density at radius 1 is 1.35 bits per heavy atom. The zero-order valence-electron chi connectivity index (χ0n) is 10.6. The van der Waals surface area contributed by atoms with Crippen LogP contribution in [0.15, 0.2) is 27.6 Å². The average molecular weight is 382 g/mol. The number of rotatable bonds is 3. The van der Waals surface area contributed by atoms with Gasteiger partial charge in [0.15, 0.2) is 0 Å². The third-order valence-electron chi connectivity index (χ3n) is 3.37. The van der Waals surface area contributed by atoms with Crippen LogP contribution in [0.3, 0.4) is 0 Å². The number of sulfonamides is 1. The second kappa shape index (κ2) is 6.01. The molecule has 1 aliphatic rings. The van der Waals surface area contributed by atoms with Crippen LogP contribution in [-0.2, 0) is 14.8 Å². The molecule has 8 heteroatoms. The van der Waals surface area contributed by atoms with Gasteiger partial charge >= 0.3 is 0 Å². The number of hydrogen-bond donors (Lipinski definition) is 1. The second-order valence-corrected chi connectivity index (χ2v) is 7.88. The largest absolute Gasteiger partial charge is 0.369 e. The zero-order valence-corrected chi connectivity index (χ0v) is 13.7. The molecule has 5 nitrogen and oxygen atoms in total. The number of nitrogens with two attached hydrogens (primary N) is 1. The minimum atomic E-state index is -3.63. The third kappa shape index (κ3) is 3.16. The van der Waals surface area contributed by atoms with Crippen molar-refractivity contribution in [1.82, 2.24) is 4.31 Å². The molecule has 0 saturated carbocycles. The molecule has 1 amide bonds. The van der Waals surface area contributed by atoms with Gasteiger partial charge in [0.1, 0.15) is 4.90 Å². The summed E-state index contributed by atoms with van der Waals surface area (Å²) < 4.78 is 27.1. The predicted octanol–water partition coefficient (Wildman–Crippen LogP) is 1.99. The van der Waals surface area contributed by atoms with Gasteiger partial charge < -0.3 is 5.73 Å². The molecule has 0 unspecified atom stereocenters. The third-order valence-corrected chi connectivity index (χ3v) is 6.24. The summed E-state index contributed by atoms with van der Waals surface area (Å²) in [6, 6.07) is 4.65. The van der Waals surface area contributed by atoms with Crippen LogP contribution in [0.5, 0.6) is 0 Å². The first kappa shape index (κ1) is 15.8. The number of carbonyl (C=O) groups is 1. The minimum absolute atomic E-state index is 0.0832. The second-order valence-electron chi connectivity index (χ2n) is 4.66. The first-order valence-electron chi connectivity index (χ1n) is 6.07. The van der Waals surface area contributed by atoms with Crippen molar-refractivity contribution in [2.24, 2.45) is 11.7 Å². The van der Waals surface area contributed by atoms with E-state index >= 15 is 0 Å². The van der Waals surface area contributed by atoms with Crippen LogP contribution in [0, 0.1) is 5.92 Å². The molecule has 0 bridgehead atoms. The molecule has 1 aliphatic heterocycles. The van der Waals surface area contributed by atoms with Gasteiger partial charge in [0, 0.05) is 23.5 Å². The Hall–Kier alpha value is -0.630. The van der Waals surface area contributed by atoms with Crippen molar-refractivity contribution in [1.29, 1.82) is 0 Å². The monoisotopic (exact) mass is 380 g/mol. The van der Waals surface area contributed by atoms with Crippen molar-refractivity contribution >= 4 is 43.5 Å². The van der Waals surface area contributed by atoms with Crippen molar-refractivity contribution in [2.45, 2.75) is 17.7 Å². The van der Waals surface area contributed by atoms with E-state index in [9.17, 15) is 13.2 Å². The van der Waals surface area contributed by atoms with Gasteiger partial charge in [-0.3, -0.25) is 4.79 Å². The van der Waals surface area contributed by atoms with Crippen LogP contribution >= 0.6 is 27.5 Å². The molecule has 110 valence electrons. The van der Waals surface area contributed by atoms with E-state index in [0.717, 1.165) is 0 Å². The lowest BCUT2D eigenvalue weighted by molar-refractivity contribution is -0.122. The molecule has 0 radical (unpaired) electrons. The lowest BCUT2D eigenvalue weighted by Gasteiger charge is -2.29. The molecular weight excluding hydrogens is 368 g/mol. The Morgan fingerprint density at radius 3 is 2.45 bits per heavy atom. The van der Waals surface area contributed by atoms with Crippen molar-refractivity contribution in [3.05, 3.63) is 27.7 Å². The van der Waals surface area contributed by atoms with E-state index in [-0.39, 0.29) is 34.8 Å². The lowest BCUT2D eigenvalue weighted by atomic mass is 9.98. The summed E-state index contributed by atoms with van der Waals surface area (Å²) >= 11 is 9.24. The standard InChI is InChI=1S/C12H14BrClN2O3S/c13-9-1-2-11(10(14)7-9)20(18,19)16-5-3-8(4-6-16)12(15)17/h1-2,7-8H,3-6H2,(H2,15,17). The number of amides is 1. The van der Waals surface area contributed by atoms with Gasteiger partial charge in [0.25, 0.3) is 0 Å². The van der Waals surface area contributed by atoms with Crippen LogP contribution < -0.4 is 5.73 Å². The van der Waals surface area contributed by atoms with E-state index < -0.39 is 10.0 Å². The fraction of sp³-hybridized carbons (Fsp3) is 0.417. The van der Waals surface area contributed by atoms with Crippen LogP contribution in [0.25, 0.3) is 0 Å². The summed E-state index contributed by atoms with van der Waals surface area (Å²) in [5.74, 6) is -0.620. The SMILES string of the molecule is NC(=O)C1CCN(S(=O)(=O)c2ccc(Br)cc2Cl)CC1. The topological polar surface area (TPSA) is 80.5 Å². The fourth-order valence-electron chi connectivity index (χ4n) is 2.20. The Morgan fingerprint density at radius 2 is 1.95 bits per heavy atom. The number of primary amides is 1. The van der Waals surface area contributed by atoms with Crippen molar-refractivity contribution in [3.8, 4) is 0 Å². The normalized spacial score (nSPS) is 18.1.